The Morgan fingerprint density at radius 1 is 0.902 bits per heavy atom. The van der Waals surface area contributed by atoms with E-state index in [2.05, 4.69) is 88.5 Å². The molecule has 0 bridgehead atoms. The highest BCUT2D eigenvalue weighted by Crippen LogP contribution is 2.55. The van der Waals surface area contributed by atoms with Crippen LogP contribution in [0.3, 0.4) is 0 Å². The molecule has 4 aromatic rings. The Kier molecular flexibility index (Phi) is 11.5. The molecule has 3 amide bonds. The maximum Gasteiger partial charge on any atom is 0.346 e. The fourth-order valence-electron chi connectivity index (χ4n) is 10.2. The van der Waals surface area contributed by atoms with Gasteiger partial charge < -0.3 is 19.9 Å². The summed E-state index contributed by atoms with van der Waals surface area (Å²) in [4.78, 5) is 58.1. The molecule has 3 aliphatic heterocycles. The molecule has 3 saturated heterocycles. The number of carbonyl (C=O) groups is 3. The Hall–Kier alpha value is -5.65. The number of hydrogen-bond donors (Lipinski definition) is 2. The van der Waals surface area contributed by atoms with Gasteiger partial charge in [0.25, 0.3) is 11.8 Å². The SMILES string of the molecule is Cn1c(-c2cccc(N3CCN(CC4CCN(c5ccc(C(=O)N[C@H]6C(C)(C)[C@H](Oc7ccc(C#N)c(Cl)c7)C6(C)C)cc5)CC4)CC3)c2)nn(C2CCC(=O)NC2=O)c1=O. The molecule has 8 rings (SSSR count). The maximum absolute atomic E-state index is 13.5. The van der Waals surface area contributed by atoms with E-state index in [1.165, 1.54) is 9.25 Å². The van der Waals surface area contributed by atoms with Crippen molar-refractivity contribution in [3.63, 3.8) is 0 Å². The van der Waals surface area contributed by atoms with Crippen LogP contribution in [0.15, 0.2) is 71.5 Å². The van der Waals surface area contributed by atoms with Gasteiger partial charge in [0.05, 0.1) is 10.6 Å². The number of halogens is 1. The van der Waals surface area contributed by atoms with Crippen LogP contribution in [-0.4, -0.2) is 94.9 Å². The van der Waals surface area contributed by atoms with Crippen molar-refractivity contribution in [2.45, 2.75) is 71.6 Å². The van der Waals surface area contributed by atoms with Gasteiger partial charge in [-0.05, 0) is 73.7 Å². The third-order valence-electron chi connectivity index (χ3n) is 13.4. The highest BCUT2D eigenvalue weighted by molar-refractivity contribution is 6.31. The van der Waals surface area contributed by atoms with E-state index in [1.54, 1.807) is 25.2 Å². The summed E-state index contributed by atoms with van der Waals surface area (Å²) in [5.41, 5.74) is 2.95. The number of piperazine rings is 1. The largest absolute Gasteiger partial charge is 0.489 e. The third-order valence-corrected chi connectivity index (χ3v) is 13.7. The van der Waals surface area contributed by atoms with Crippen molar-refractivity contribution in [1.82, 2.24) is 29.9 Å². The number of hydrogen-bond acceptors (Lipinski definition) is 10. The molecule has 1 aliphatic carbocycles. The molecule has 4 fully saturated rings. The molecule has 4 heterocycles. The first-order valence-electron chi connectivity index (χ1n) is 21.2. The van der Waals surface area contributed by atoms with E-state index >= 15 is 0 Å². The van der Waals surface area contributed by atoms with E-state index in [-0.39, 0.29) is 53.3 Å². The Bertz CT molecular complexity index is 2400. The first-order chi connectivity index (χ1) is 29.1. The summed E-state index contributed by atoms with van der Waals surface area (Å²) in [6, 6.07) is 22.3. The van der Waals surface area contributed by atoms with Gasteiger partial charge in [-0.1, -0.05) is 51.4 Å². The number of imide groups is 1. The van der Waals surface area contributed by atoms with Crippen molar-refractivity contribution < 1.29 is 19.1 Å². The van der Waals surface area contributed by atoms with E-state index in [0.717, 1.165) is 75.6 Å². The number of nitriles is 1. The van der Waals surface area contributed by atoms with Crippen LogP contribution in [0.25, 0.3) is 11.4 Å². The predicted molar refractivity (Wildman–Crippen MR) is 234 cm³/mol. The van der Waals surface area contributed by atoms with Crippen molar-refractivity contribution in [3.8, 4) is 23.2 Å². The summed E-state index contributed by atoms with van der Waals surface area (Å²) in [5, 5.41) is 19.8. The molecular formula is C46H54ClN9O5. The Morgan fingerprint density at radius 2 is 1.59 bits per heavy atom. The predicted octanol–water partition coefficient (Wildman–Crippen LogP) is 5.40. The minimum Gasteiger partial charge on any atom is -0.489 e. The summed E-state index contributed by atoms with van der Waals surface area (Å²) in [6.07, 6.45) is 2.47. The molecule has 15 heteroatoms. The van der Waals surface area contributed by atoms with Crippen LogP contribution < -0.4 is 30.9 Å². The number of amides is 3. The lowest BCUT2D eigenvalue weighted by Crippen LogP contribution is -2.74. The highest BCUT2D eigenvalue weighted by Gasteiger charge is 2.64. The molecule has 2 N–H and O–H groups in total. The van der Waals surface area contributed by atoms with Crippen LogP contribution in [0, 0.1) is 28.1 Å². The van der Waals surface area contributed by atoms with Gasteiger partial charge in [-0.3, -0.25) is 29.2 Å². The minimum absolute atomic E-state index is 0.102. The normalized spacial score (nSPS) is 22.9. The molecule has 3 aromatic carbocycles. The second kappa shape index (κ2) is 16.7. The first-order valence-corrected chi connectivity index (χ1v) is 21.6. The third kappa shape index (κ3) is 8.25. The monoisotopic (exact) mass is 847 g/mol. The fraction of sp³-hybridized carbons (Fsp3) is 0.478. The van der Waals surface area contributed by atoms with Gasteiger partial charge >= 0.3 is 5.69 Å². The molecule has 1 aromatic heterocycles. The van der Waals surface area contributed by atoms with Gasteiger partial charge in [0.2, 0.25) is 5.91 Å². The average Bonchev–Trinajstić information content (AvgIpc) is 3.55. The number of nitrogens with zero attached hydrogens (tertiary/aromatic N) is 7. The second-order valence-corrected chi connectivity index (χ2v) is 18.6. The van der Waals surface area contributed by atoms with E-state index in [0.29, 0.717) is 33.6 Å². The van der Waals surface area contributed by atoms with Gasteiger partial charge in [0.15, 0.2) is 5.82 Å². The topological polar surface area (TPSA) is 158 Å². The van der Waals surface area contributed by atoms with E-state index in [1.807, 2.05) is 24.3 Å². The van der Waals surface area contributed by atoms with Crippen LogP contribution in [0.4, 0.5) is 11.4 Å². The van der Waals surface area contributed by atoms with Crippen LogP contribution in [0.5, 0.6) is 5.75 Å². The van der Waals surface area contributed by atoms with E-state index in [9.17, 15) is 24.4 Å². The van der Waals surface area contributed by atoms with Crippen molar-refractivity contribution in [3.05, 3.63) is 93.4 Å². The number of anilines is 2. The average molecular weight is 848 g/mol. The highest BCUT2D eigenvalue weighted by atomic mass is 35.5. The van der Waals surface area contributed by atoms with Gasteiger partial charge in [0.1, 0.15) is 24.0 Å². The number of ether oxygens (including phenoxy) is 1. The van der Waals surface area contributed by atoms with Gasteiger partial charge in [-0.2, -0.15) is 5.26 Å². The number of piperidine rings is 2. The van der Waals surface area contributed by atoms with Gasteiger partial charge in [0, 0.05) is 105 Å². The van der Waals surface area contributed by atoms with Crippen LogP contribution in [-0.2, 0) is 16.6 Å². The van der Waals surface area contributed by atoms with Crippen molar-refractivity contribution >= 4 is 40.7 Å². The molecule has 1 unspecified atom stereocenters. The van der Waals surface area contributed by atoms with Crippen LogP contribution in [0.2, 0.25) is 5.02 Å². The lowest BCUT2D eigenvalue weighted by molar-refractivity contribution is -0.164. The number of rotatable bonds is 10. The molecular weight excluding hydrogens is 794 g/mol. The van der Waals surface area contributed by atoms with E-state index in [4.69, 9.17) is 16.3 Å². The summed E-state index contributed by atoms with van der Waals surface area (Å²) in [6.45, 7) is 15.1. The number of nitrogens with one attached hydrogen (secondary N) is 2. The zero-order valence-electron chi connectivity index (χ0n) is 35.5. The van der Waals surface area contributed by atoms with Gasteiger partial charge in [-0.15, -0.1) is 5.10 Å². The first kappa shape index (κ1) is 42.1. The Labute approximate surface area is 361 Å². The zero-order chi connectivity index (χ0) is 43.2. The van der Waals surface area contributed by atoms with Gasteiger partial charge in [-0.25, -0.2) is 9.48 Å². The van der Waals surface area contributed by atoms with Crippen molar-refractivity contribution in [1.29, 1.82) is 5.26 Å². The van der Waals surface area contributed by atoms with Crippen LogP contribution >= 0.6 is 11.6 Å². The number of benzene rings is 3. The Morgan fingerprint density at radius 3 is 2.25 bits per heavy atom. The summed E-state index contributed by atoms with van der Waals surface area (Å²) in [5.74, 6) is 0.772. The fourth-order valence-corrected chi connectivity index (χ4v) is 10.4. The summed E-state index contributed by atoms with van der Waals surface area (Å²) < 4.78 is 9.06. The maximum atomic E-state index is 13.5. The lowest BCUT2D eigenvalue weighted by atomic mass is 9.49. The molecule has 0 spiro atoms. The summed E-state index contributed by atoms with van der Waals surface area (Å²) >= 11 is 6.26. The smallest absolute Gasteiger partial charge is 0.346 e. The molecule has 4 aliphatic rings. The minimum atomic E-state index is -0.805. The number of aromatic nitrogens is 3. The van der Waals surface area contributed by atoms with Crippen LogP contribution in [0.1, 0.15) is 75.3 Å². The number of carbonyl (C=O) groups excluding carboxylic acids is 3. The van der Waals surface area contributed by atoms with Crippen molar-refractivity contribution in [2.75, 3.05) is 55.6 Å². The second-order valence-electron chi connectivity index (χ2n) is 18.2. The molecule has 0 radical (unpaired) electrons. The van der Waals surface area contributed by atoms with E-state index < -0.39 is 11.9 Å². The van der Waals surface area contributed by atoms with Crippen molar-refractivity contribution in [2.24, 2.45) is 23.8 Å². The molecule has 1 atom stereocenters. The zero-order valence-corrected chi connectivity index (χ0v) is 36.2. The quantitative estimate of drug-likeness (QED) is 0.198. The molecule has 320 valence electrons. The molecule has 1 saturated carbocycles. The molecule has 61 heavy (non-hydrogen) atoms. The lowest BCUT2D eigenvalue weighted by Gasteiger charge is -2.63. The Balaban J connectivity index is 0.797. The summed E-state index contributed by atoms with van der Waals surface area (Å²) in [7, 11) is 1.66. The standard InChI is InChI=1S/C46H54ClN9O5/c1-45(2)42(46(3,4)43(45)61-35-14-11-32(27-48)36(47)26-35)50-40(58)30-9-12-33(13-10-30)54-19-17-29(18-20-54)28-53-21-23-55(24-22-53)34-8-6-7-31(25-34)39-51-56(44(60)52(39)5)37-15-16-38(57)49-41(37)59/h6-14,25-26,29,37,42-43H,15-24,28H2,1-5H3,(H,50,58)(H,49,57,59)/t37?,42-,43-. The molecule has 14 nitrogen and oxygen atoms in total.